The molecule has 1 aliphatic heterocycles. The van der Waals surface area contributed by atoms with Gasteiger partial charge in [0.2, 0.25) is 5.91 Å². The first-order chi connectivity index (χ1) is 14.3. The zero-order valence-corrected chi connectivity index (χ0v) is 18.3. The van der Waals surface area contributed by atoms with Crippen molar-refractivity contribution in [2.45, 2.75) is 26.0 Å². The number of halogens is 3. The van der Waals surface area contributed by atoms with Crippen molar-refractivity contribution in [3.63, 3.8) is 0 Å². The summed E-state index contributed by atoms with van der Waals surface area (Å²) < 4.78 is 34.7. The lowest BCUT2D eigenvalue weighted by atomic mass is 10.0. The Labute approximate surface area is 182 Å². The second-order valence-corrected chi connectivity index (χ2v) is 8.40. The van der Waals surface area contributed by atoms with E-state index >= 15 is 0 Å². The first kappa shape index (κ1) is 22.4. The van der Waals surface area contributed by atoms with Crippen molar-refractivity contribution in [1.82, 2.24) is 10.2 Å². The Morgan fingerprint density at radius 3 is 2.37 bits per heavy atom. The molecule has 1 heterocycles. The van der Waals surface area contributed by atoms with Gasteiger partial charge in [-0.15, -0.1) is 0 Å². The molecule has 0 aliphatic carbocycles. The number of carbonyl (C=O) groups is 2. The van der Waals surface area contributed by atoms with E-state index in [0.717, 1.165) is 22.2 Å². The third-order valence-electron chi connectivity index (χ3n) is 5.03. The van der Waals surface area contributed by atoms with Gasteiger partial charge in [0.1, 0.15) is 29.3 Å². The number of carbonyl (C=O) groups excluding carboxylic acids is 2. The lowest BCUT2D eigenvalue weighted by Crippen LogP contribution is -2.54. The van der Waals surface area contributed by atoms with Crippen molar-refractivity contribution in [2.75, 3.05) is 19.7 Å². The van der Waals surface area contributed by atoms with Crippen LogP contribution >= 0.6 is 15.9 Å². The molecule has 2 aromatic rings. The predicted molar refractivity (Wildman–Crippen MR) is 112 cm³/mol. The van der Waals surface area contributed by atoms with E-state index in [1.54, 1.807) is 18.7 Å². The maximum absolute atomic E-state index is 14.0. The van der Waals surface area contributed by atoms with Crippen LogP contribution in [0.5, 0.6) is 0 Å². The van der Waals surface area contributed by atoms with Crippen LogP contribution in [0.3, 0.4) is 0 Å². The topological polar surface area (TPSA) is 58.6 Å². The molecule has 3 rings (SSSR count). The number of amides is 2. The van der Waals surface area contributed by atoms with Gasteiger partial charge in [0.15, 0.2) is 0 Å². The van der Waals surface area contributed by atoms with E-state index in [4.69, 9.17) is 4.74 Å². The first-order valence-electron chi connectivity index (χ1n) is 9.68. The Morgan fingerprint density at radius 1 is 1.13 bits per heavy atom. The summed E-state index contributed by atoms with van der Waals surface area (Å²) in [6.45, 7) is 4.60. The minimum Gasteiger partial charge on any atom is -0.370 e. The van der Waals surface area contributed by atoms with Crippen molar-refractivity contribution in [3.05, 3.63) is 69.7 Å². The molecule has 1 N–H and O–H groups in total. The van der Waals surface area contributed by atoms with Crippen LogP contribution in [0, 0.1) is 17.6 Å². The van der Waals surface area contributed by atoms with Gasteiger partial charge in [-0.25, -0.2) is 8.78 Å². The van der Waals surface area contributed by atoms with Gasteiger partial charge in [0, 0.05) is 11.0 Å². The second kappa shape index (κ2) is 9.66. The average molecular weight is 481 g/mol. The lowest BCUT2D eigenvalue weighted by Gasteiger charge is -2.36. The van der Waals surface area contributed by atoms with Gasteiger partial charge in [-0.05, 0) is 35.7 Å². The Hall–Kier alpha value is -2.32. The van der Waals surface area contributed by atoms with Gasteiger partial charge < -0.3 is 15.0 Å². The van der Waals surface area contributed by atoms with Gasteiger partial charge in [-0.3, -0.25) is 9.59 Å². The highest BCUT2D eigenvalue weighted by atomic mass is 79.9. The molecule has 0 saturated carbocycles. The maximum atomic E-state index is 14.0. The maximum Gasteiger partial charge on any atom is 0.257 e. The normalized spacial score (nSPS) is 17.7. The quantitative estimate of drug-likeness (QED) is 0.701. The van der Waals surface area contributed by atoms with Crippen molar-refractivity contribution < 1.29 is 23.1 Å². The number of rotatable bonds is 5. The number of morpholine rings is 1. The molecule has 2 amide bonds. The van der Waals surface area contributed by atoms with E-state index in [1.165, 1.54) is 6.07 Å². The van der Waals surface area contributed by atoms with E-state index in [0.29, 0.717) is 19.7 Å². The van der Waals surface area contributed by atoms with Crippen LogP contribution in [0.15, 0.2) is 46.9 Å². The van der Waals surface area contributed by atoms with Crippen molar-refractivity contribution in [1.29, 1.82) is 0 Å². The fraction of sp³-hybridized carbons (Fsp3) is 0.364. The molecule has 1 fully saturated rings. The molecule has 160 valence electrons. The summed E-state index contributed by atoms with van der Waals surface area (Å²) in [5, 5.41) is 2.52. The summed E-state index contributed by atoms with van der Waals surface area (Å²) in [5.74, 6) is -3.46. The summed E-state index contributed by atoms with van der Waals surface area (Å²) in [6, 6.07) is 9.93. The molecular formula is C22H23BrF2N2O3. The number of benzene rings is 2. The molecule has 0 radical (unpaired) electrons. The van der Waals surface area contributed by atoms with Crippen LogP contribution in [0.4, 0.5) is 8.78 Å². The van der Waals surface area contributed by atoms with Gasteiger partial charge >= 0.3 is 0 Å². The molecule has 2 unspecified atom stereocenters. The summed E-state index contributed by atoms with van der Waals surface area (Å²) >= 11 is 3.39. The van der Waals surface area contributed by atoms with Gasteiger partial charge in [-0.2, -0.15) is 0 Å². The summed E-state index contributed by atoms with van der Waals surface area (Å²) in [6.07, 6.45) is -0.289. The van der Waals surface area contributed by atoms with E-state index in [-0.39, 0.29) is 17.9 Å². The third-order valence-corrected chi connectivity index (χ3v) is 5.56. The van der Waals surface area contributed by atoms with Gasteiger partial charge in [-0.1, -0.05) is 48.0 Å². The van der Waals surface area contributed by atoms with E-state index < -0.39 is 29.1 Å². The number of hydrogen-bond acceptors (Lipinski definition) is 3. The van der Waals surface area contributed by atoms with Gasteiger partial charge in [0.05, 0.1) is 13.2 Å². The minimum absolute atomic E-state index is 0.273. The summed E-state index contributed by atoms with van der Waals surface area (Å²) in [7, 11) is 0. The predicted octanol–water partition coefficient (Wildman–Crippen LogP) is 4.08. The molecule has 1 aliphatic rings. The molecule has 0 spiro atoms. The minimum atomic E-state index is -0.968. The molecule has 5 nitrogen and oxygen atoms in total. The Bertz CT molecular complexity index is 901. The molecule has 0 bridgehead atoms. The Balaban J connectivity index is 1.74. The zero-order chi connectivity index (χ0) is 21.8. The standard InChI is InChI=1S/C22H23BrF2N2O3/c1-13(2)20(26-21(28)19-16(24)4-3-5-17(19)25)22(29)27-10-11-30-18(12-27)14-6-8-15(23)9-7-14/h3-9,13,18,20H,10-12H2,1-2H3,(H,26,28). The highest BCUT2D eigenvalue weighted by molar-refractivity contribution is 9.10. The second-order valence-electron chi connectivity index (χ2n) is 7.49. The molecule has 0 aromatic heterocycles. The van der Waals surface area contributed by atoms with Crippen molar-refractivity contribution >= 4 is 27.7 Å². The molecular weight excluding hydrogens is 458 g/mol. The lowest BCUT2D eigenvalue weighted by molar-refractivity contribution is -0.142. The van der Waals surface area contributed by atoms with E-state index in [2.05, 4.69) is 21.2 Å². The Kier molecular flexibility index (Phi) is 7.20. The number of ether oxygens (including phenoxy) is 1. The molecule has 8 heteroatoms. The fourth-order valence-electron chi connectivity index (χ4n) is 3.37. The van der Waals surface area contributed by atoms with Gasteiger partial charge in [0.25, 0.3) is 5.91 Å². The van der Waals surface area contributed by atoms with Crippen LogP contribution in [0.25, 0.3) is 0 Å². The SMILES string of the molecule is CC(C)C(NC(=O)c1c(F)cccc1F)C(=O)N1CCOC(c2ccc(Br)cc2)C1. The van der Waals surface area contributed by atoms with Crippen LogP contribution in [0.1, 0.15) is 35.9 Å². The van der Waals surface area contributed by atoms with Crippen molar-refractivity contribution in [2.24, 2.45) is 5.92 Å². The molecule has 1 saturated heterocycles. The monoisotopic (exact) mass is 480 g/mol. The van der Waals surface area contributed by atoms with Crippen LogP contribution in [0.2, 0.25) is 0 Å². The fourth-order valence-corrected chi connectivity index (χ4v) is 3.63. The van der Waals surface area contributed by atoms with E-state index in [1.807, 2.05) is 24.3 Å². The van der Waals surface area contributed by atoms with Crippen LogP contribution in [-0.4, -0.2) is 42.5 Å². The summed E-state index contributed by atoms with van der Waals surface area (Å²) in [4.78, 5) is 27.3. The number of hydrogen-bond donors (Lipinski definition) is 1. The van der Waals surface area contributed by atoms with Crippen molar-refractivity contribution in [3.8, 4) is 0 Å². The first-order valence-corrected chi connectivity index (χ1v) is 10.5. The number of nitrogens with zero attached hydrogens (tertiary/aromatic N) is 1. The van der Waals surface area contributed by atoms with E-state index in [9.17, 15) is 18.4 Å². The average Bonchev–Trinajstić information content (AvgIpc) is 2.72. The molecule has 2 atom stereocenters. The smallest absolute Gasteiger partial charge is 0.257 e. The largest absolute Gasteiger partial charge is 0.370 e. The molecule has 2 aromatic carbocycles. The highest BCUT2D eigenvalue weighted by Crippen LogP contribution is 2.25. The zero-order valence-electron chi connectivity index (χ0n) is 16.7. The van der Waals surface area contributed by atoms with Crippen LogP contribution < -0.4 is 5.32 Å². The number of nitrogens with one attached hydrogen (secondary N) is 1. The molecule has 30 heavy (non-hydrogen) atoms. The summed E-state index contributed by atoms with van der Waals surface area (Å²) in [5.41, 5.74) is 0.250. The highest BCUT2D eigenvalue weighted by Gasteiger charge is 2.33. The Morgan fingerprint density at radius 2 is 1.77 bits per heavy atom. The third kappa shape index (κ3) is 5.05. The van der Waals surface area contributed by atoms with Crippen LogP contribution in [-0.2, 0) is 9.53 Å².